The second-order valence-electron chi connectivity index (χ2n) is 11.4. The van der Waals surface area contributed by atoms with Gasteiger partial charge in [-0.25, -0.2) is 18.0 Å². The minimum atomic E-state index is -4.78. The second kappa shape index (κ2) is 11.3. The molecule has 0 unspecified atom stereocenters. The van der Waals surface area contributed by atoms with E-state index in [2.05, 4.69) is 15.0 Å². The highest BCUT2D eigenvalue weighted by atomic mass is 32.1. The molecule has 18 heteroatoms. The Morgan fingerprint density at radius 1 is 1.23 bits per heavy atom. The molecular formula is C29H22F6N6O5S. The number of anilines is 1. The molecule has 0 bridgehead atoms. The van der Waals surface area contributed by atoms with Gasteiger partial charge in [-0.2, -0.15) is 28.4 Å². The van der Waals surface area contributed by atoms with Crippen LogP contribution in [0.2, 0.25) is 0 Å². The minimum absolute atomic E-state index is 0.111. The summed E-state index contributed by atoms with van der Waals surface area (Å²) in [6.45, 7) is -1.49. The van der Waals surface area contributed by atoms with Crippen molar-refractivity contribution < 1.29 is 50.5 Å². The number of nitriles is 1. The van der Waals surface area contributed by atoms with Crippen molar-refractivity contribution in [2.75, 3.05) is 31.6 Å². The number of hydrogen-bond acceptors (Lipinski definition) is 10. The van der Waals surface area contributed by atoms with Gasteiger partial charge in [-0.1, -0.05) is 0 Å². The molecule has 0 saturated carbocycles. The zero-order valence-corrected chi connectivity index (χ0v) is 24.8. The first-order valence-electron chi connectivity index (χ1n) is 14.2. The number of ether oxygens (including phenoxy) is 3. The Hall–Kier alpha value is -4.47. The number of thiophene rings is 1. The molecule has 246 valence electrons. The van der Waals surface area contributed by atoms with Gasteiger partial charge in [0, 0.05) is 23.9 Å². The molecule has 0 spiro atoms. The fourth-order valence-corrected chi connectivity index (χ4v) is 7.79. The van der Waals surface area contributed by atoms with Crippen LogP contribution >= 0.6 is 11.3 Å². The lowest BCUT2D eigenvalue weighted by atomic mass is 9.93. The molecule has 6 heterocycles. The van der Waals surface area contributed by atoms with Gasteiger partial charge >= 0.3 is 18.3 Å². The number of fused-ring (bicyclic) bond motifs is 5. The Bertz CT molecular complexity index is 2000. The molecule has 2 fully saturated rings. The molecule has 3 aliphatic heterocycles. The molecule has 3 aliphatic rings. The van der Waals surface area contributed by atoms with E-state index in [1.807, 2.05) is 16.3 Å². The topological polar surface area (TPSA) is 143 Å². The first-order chi connectivity index (χ1) is 22.4. The Morgan fingerprint density at radius 2 is 2.02 bits per heavy atom. The van der Waals surface area contributed by atoms with E-state index in [1.165, 1.54) is 0 Å². The summed E-state index contributed by atoms with van der Waals surface area (Å²) in [7, 11) is 0. The Morgan fingerprint density at radius 3 is 2.77 bits per heavy atom. The van der Waals surface area contributed by atoms with E-state index in [-0.39, 0.29) is 81.2 Å². The van der Waals surface area contributed by atoms with Crippen LogP contribution in [0.15, 0.2) is 6.20 Å². The number of nitrogens with zero attached hydrogens (tertiary/aromatic N) is 5. The minimum Gasteiger partial charge on any atom is -0.467 e. The van der Waals surface area contributed by atoms with Crippen molar-refractivity contribution in [1.82, 2.24) is 19.9 Å². The van der Waals surface area contributed by atoms with Crippen molar-refractivity contribution in [2.45, 2.75) is 50.4 Å². The summed E-state index contributed by atoms with van der Waals surface area (Å²) in [6, 6.07) is 1.31. The zero-order chi connectivity index (χ0) is 33.2. The standard InChI is InChI=1S/C29H22F6N6O5S/c30-12-4-28(2-1-3-41(28)7-12)10-46-26-38-22-19(24(39-26)45-11-29(33,34)35)15-9-44-8-14(15)17(20(22)32)21-18-13(5-36)25(40-27(42)43)47-23(18)16(31)6-37-21/h6,12,40H,1-4,7-11H2,(H,42,43)/t12-,28+/m1/s1. The van der Waals surface area contributed by atoms with E-state index in [0.29, 0.717) is 24.3 Å². The normalized spacial score (nSPS) is 20.8. The molecule has 2 N–H and O–H groups in total. The maximum atomic E-state index is 16.9. The van der Waals surface area contributed by atoms with Crippen LogP contribution in [-0.4, -0.2) is 75.2 Å². The van der Waals surface area contributed by atoms with Crippen molar-refractivity contribution in [3.8, 4) is 29.2 Å². The predicted molar refractivity (Wildman–Crippen MR) is 153 cm³/mol. The van der Waals surface area contributed by atoms with Crippen LogP contribution in [0.4, 0.5) is 36.1 Å². The number of amides is 1. The van der Waals surface area contributed by atoms with Crippen molar-refractivity contribution in [2.24, 2.45) is 0 Å². The third-order valence-electron chi connectivity index (χ3n) is 8.58. The number of carbonyl (C=O) groups is 1. The predicted octanol–water partition coefficient (Wildman–Crippen LogP) is 6.07. The smallest absolute Gasteiger partial charge is 0.422 e. The highest BCUT2D eigenvalue weighted by Crippen LogP contribution is 2.47. The monoisotopic (exact) mass is 680 g/mol. The van der Waals surface area contributed by atoms with E-state index in [4.69, 9.17) is 14.2 Å². The molecule has 4 aromatic rings. The fraction of sp³-hybridized carbons (Fsp3) is 0.414. The molecule has 1 amide bonds. The van der Waals surface area contributed by atoms with E-state index < -0.39 is 59.6 Å². The Kier molecular flexibility index (Phi) is 7.52. The third-order valence-corrected chi connectivity index (χ3v) is 9.70. The number of rotatable bonds is 7. The van der Waals surface area contributed by atoms with Crippen molar-refractivity contribution in [3.63, 3.8) is 0 Å². The van der Waals surface area contributed by atoms with Crippen LogP contribution < -0.4 is 14.8 Å². The highest BCUT2D eigenvalue weighted by Gasteiger charge is 2.49. The number of halogens is 6. The average molecular weight is 681 g/mol. The van der Waals surface area contributed by atoms with Crippen LogP contribution in [-0.2, 0) is 18.0 Å². The average Bonchev–Trinajstić information content (AvgIpc) is 3.78. The molecule has 0 aliphatic carbocycles. The Labute approximate surface area is 264 Å². The van der Waals surface area contributed by atoms with Gasteiger partial charge in [-0.3, -0.25) is 15.2 Å². The lowest BCUT2D eigenvalue weighted by molar-refractivity contribution is -0.153. The van der Waals surface area contributed by atoms with E-state index in [0.717, 1.165) is 12.6 Å². The van der Waals surface area contributed by atoms with E-state index >= 15 is 4.39 Å². The molecule has 3 aromatic heterocycles. The van der Waals surface area contributed by atoms with Gasteiger partial charge < -0.3 is 19.3 Å². The fourth-order valence-electron chi connectivity index (χ4n) is 6.74. The lowest BCUT2D eigenvalue weighted by Gasteiger charge is -2.30. The van der Waals surface area contributed by atoms with Crippen LogP contribution in [0.5, 0.6) is 11.9 Å². The number of alkyl halides is 4. The number of aromatic nitrogens is 3. The third kappa shape index (κ3) is 5.31. The summed E-state index contributed by atoms with van der Waals surface area (Å²) in [5, 5.41) is 20.6. The molecule has 0 radical (unpaired) electrons. The van der Waals surface area contributed by atoms with Crippen LogP contribution in [0.3, 0.4) is 0 Å². The largest absolute Gasteiger partial charge is 0.467 e. The SMILES string of the molecule is N#Cc1c(NC(=O)O)sc2c(F)cnc(-c3c4c(c5c(OCC(F)(F)F)nc(OC[C@@]67CCCN6C[C@H](F)C7)nc5c3F)COC4)c12. The maximum absolute atomic E-state index is 16.9. The lowest BCUT2D eigenvalue weighted by Crippen LogP contribution is -2.43. The summed E-state index contributed by atoms with van der Waals surface area (Å²) in [5.41, 5.74) is -1.74. The van der Waals surface area contributed by atoms with Crippen molar-refractivity contribution in [3.05, 3.63) is 34.5 Å². The first kappa shape index (κ1) is 31.1. The molecule has 47 heavy (non-hydrogen) atoms. The van der Waals surface area contributed by atoms with E-state index in [1.54, 1.807) is 0 Å². The molecular weight excluding hydrogens is 658 g/mol. The molecule has 11 nitrogen and oxygen atoms in total. The number of nitrogens with one attached hydrogen (secondary N) is 1. The quantitative estimate of drug-likeness (QED) is 0.221. The number of pyridine rings is 1. The van der Waals surface area contributed by atoms with Crippen LogP contribution in [0.25, 0.3) is 32.2 Å². The van der Waals surface area contributed by atoms with Gasteiger partial charge in [0.15, 0.2) is 18.2 Å². The van der Waals surface area contributed by atoms with Crippen LogP contribution in [0.1, 0.15) is 36.0 Å². The molecule has 2 saturated heterocycles. The molecule has 7 rings (SSSR count). The first-order valence-corrected chi connectivity index (χ1v) is 15.1. The second-order valence-corrected chi connectivity index (χ2v) is 12.5. The number of benzene rings is 1. The summed E-state index contributed by atoms with van der Waals surface area (Å²) in [6.07, 6.45) is -5.05. The zero-order valence-electron chi connectivity index (χ0n) is 24.0. The van der Waals surface area contributed by atoms with Crippen molar-refractivity contribution in [1.29, 1.82) is 5.26 Å². The molecule has 2 atom stereocenters. The van der Waals surface area contributed by atoms with E-state index in [9.17, 15) is 37.1 Å². The summed E-state index contributed by atoms with van der Waals surface area (Å²) in [5.74, 6) is -2.65. The van der Waals surface area contributed by atoms with Gasteiger partial charge in [-0.15, -0.1) is 11.3 Å². The summed E-state index contributed by atoms with van der Waals surface area (Å²) in [4.78, 5) is 25.7. The van der Waals surface area contributed by atoms with Gasteiger partial charge in [0.1, 0.15) is 29.4 Å². The van der Waals surface area contributed by atoms with Gasteiger partial charge in [0.2, 0.25) is 5.88 Å². The van der Waals surface area contributed by atoms with Gasteiger partial charge in [-0.05, 0) is 30.5 Å². The Balaban J connectivity index is 1.43. The van der Waals surface area contributed by atoms with Crippen molar-refractivity contribution >= 4 is 43.4 Å². The van der Waals surface area contributed by atoms with Gasteiger partial charge in [0.25, 0.3) is 0 Å². The summed E-state index contributed by atoms with van der Waals surface area (Å²) >= 11 is 0.609. The number of carboxylic acid groups (broad SMARTS) is 1. The summed E-state index contributed by atoms with van der Waals surface area (Å²) < 4.78 is 102. The highest BCUT2D eigenvalue weighted by molar-refractivity contribution is 7.23. The molecule has 1 aromatic carbocycles. The number of hydrogen-bond donors (Lipinski definition) is 2. The maximum Gasteiger partial charge on any atom is 0.422 e. The van der Waals surface area contributed by atoms with Crippen LogP contribution in [0, 0.1) is 23.0 Å². The van der Waals surface area contributed by atoms with Gasteiger partial charge in [0.05, 0.1) is 46.3 Å².